The van der Waals surface area contributed by atoms with Crippen LogP contribution in [0.2, 0.25) is 0 Å². The van der Waals surface area contributed by atoms with Crippen LogP contribution in [-0.2, 0) is 0 Å². The highest BCUT2D eigenvalue weighted by Gasteiger charge is 2.24. The van der Waals surface area contributed by atoms with E-state index in [0.29, 0.717) is 12.0 Å². The second kappa shape index (κ2) is 6.34. The molecule has 0 amide bonds. The molecule has 1 saturated heterocycles. The minimum Gasteiger partial charge on any atom is -0.380 e. The van der Waals surface area contributed by atoms with Gasteiger partial charge in [0.05, 0.1) is 10.6 Å². The number of hydrogen-bond donors (Lipinski definition) is 1. The summed E-state index contributed by atoms with van der Waals surface area (Å²) in [6.07, 6.45) is 1.96. The molecule has 0 aromatic heterocycles. The van der Waals surface area contributed by atoms with Crippen LogP contribution in [0.4, 0.5) is 20.2 Å². The zero-order valence-corrected chi connectivity index (χ0v) is 12.1. The van der Waals surface area contributed by atoms with Crippen LogP contribution in [0.15, 0.2) is 12.1 Å². The van der Waals surface area contributed by atoms with Crippen molar-refractivity contribution in [2.75, 3.05) is 25.5 Å². The molecule has 1 aromatic rings. The Kier molecular flexibility index (Phi) is 4.72. The van der Waals surface area contributed by atoms with E-state index in [1.165, 1.54) is 0 Å². The Hall–Kier alpha value is -1.76. The number of nitrogens with one attached hydrogen (secondary N) is 1. The van der Waals surface area contributed by atoms with Crippen molar-refractivity contribution in [2.24, 2.45) is 5.92 Å². The molecule has 0 spiro atoms. The van der Waals surface area contributed by atoms with E-state index in [2.05, 4.69) is 17.3 Å². The third-order valence-electron chi connectivity index (χ3n) is 4.09. The molecule has 0 bridgehead atoms. The summed E-state index contributed by atoms with van der Waals surface area (Å²) in [5.41, 5.74) is -0.732. The summed E-state index contributed by atoms with van der Waals surface area (Å²) >= 11 is 0. The van der Waals surface area contributed by atoms with Crippen molar-refractivity contribution in [3.8, 4) is 0 Å². The number of nitro benzene ring substituents is 1. The molecule has 1 fully saturated rings. The van der Waals surface area contributed by atoms with E-state index in [9.17, 15) is 18.9 Å². The standard InChI is InChI=1S/C14H19F2N3O2/c1-9(10-3-5-18(2)6-4-10)17-13-8-14(19(20)21)12(16)7-11(13)15/h7-10,17H,3-6H2,1-2H3. The molecular formula is C14H19F2N3O2. The van der Waals surface area contributed by atoms with Crippen LogP contribution in [0.25, 0.3) is 0 Å². The summed E-state index contributed by atoms with van der Waals surface area (Å²) in [6.45, 7) is 3.87. The van der Waals surface area contributed by atoms with Crippen LogP contribution in [-0.4, -0.2) is 36.0 Å². The Morgan fingerprint density at radius 2 is 1.95 bits per heavy atom. The second-order valence-corrected chi connectivity index (χ2v) is 5.61. The van der Waals surface area contributed by atoms with Crippen LogP contribution < -0.4 is 5.32 Å². The van der Waals surface area contributed by atoms with Gasteiger partial charge >= 0.3 is 5.69 Å². The lowest BCUT2D eigenvalue weighted by Crippen LogP contribution is -2.37. The molecule has 1 heterocycles. The monoisotopic (exact) mass is 299 g/mol. The Bertz CT molecular complexity index is 531. The summed E-state index contributed by atoms with van der Waals surface area (Å²) in [7, 11) is 2.05. The lowest BCUT2D eigenvalue weighted by Gasteiger charge is -2.33. The molecule has 1 aliphatic rings. The topological polar surface area (TPSA) is 58.4 Å². The maximum absolute atomic E-state index is 13.8. The number of likely N-dealkylation sites (tertiary alicyclic amines) is 1. The minimum absolute atomic E-state index is 0.0190. The summed E-state index contributed by atoms with van der Waals surface area (Å²) in [4.78, 5) is 12.1. The van der Waals surface area contributed by atoms with Gasteiger partial charge in [-0.1, -0.05) is 0 Å². The van der Waals surface area contributed by atoms with Gasteiger partial charge in [-0.15, -0.1) is 0 Å². The molecular weight excluding hydrogens is 280 g/mol. The number of nitro groups is 1. The minimum atomic E-state index is -1.16. The zero-order valence-electron chi connectivity index (χ0n) is 12.1. The molecule has 5 nitrogen and oxygen atoms in total. The van der Waals surface area contributed by atoms with Crippen molar-refractivity contribution in [3.05, 3.63) is 33.9 Å². The first-order valence-corrected chi connectivity index (χ1v) is 6.97. The van der Waals surface area contributed by atoms with Crippen LogP contribution in [0.5, 0.6) is 0 Å². The molecule has 2 rings (SSSR count). The SMILES string of the molecule is CC(Nc1cc([N+](=O)[O-])c(F)cc1F)C1CCN(C)CC1. The fourth-order valence-corrected chi connectivity index (χ4v) is 2.68. The third-order valence-corrected chi connectivity index (χ3v) is 4.09. The van der Waals surface area contributed by atoms with Gasteiger partial charge in [0.25, 0.3) is 0 Å². The first-order chi connectivity index (χ1) is 9.88. The molecule has 0 aliphatic carbocycles. The molecule has 1 N–H and O–H groups in total. The highest BCUT2D eigenvalue weighted by molar-refractivity contribution is 5.53. The third kappa shape index (κ3) is 3.66. The second-order valence-electron chi connectivity index (χ2n) is 5.61. The predicted molar refractivity (Wildman–Crippen MR) is 76.3 cm³/mol. The number of nitrogens with zero attached hydrogens (tertiary/aromatic N) is 2. The van der Waals surface area contributed by atoms with Gasteiger partial charge < -0.3 is 10.2 Å². The molecule has 7 heteroatoms. The summed E-state index contributed by atoms with van der Waals surface area (Å²) < 4.78 is 27.1. The summed E-state index contributed by atoms with van der Waals surface area (Å²) in [6, 6.07) is 1.45. The van der Waals surface area contributed by atoms with E-state index in [1.54, 1.807) is 0 Å². The first-order valence-electron chi connectivity index (χ1n) is 6.97. The van der Waals surface area contributed by atoms with Gasteiger partial charge in [-0.3, -0.25) is 10.1 Å². The molecule has 1 unspecified atom stereocenters. The lowest BCUT2D eigenvalue weighted by atomic mass is 9.90. The predicted octanol–water partition coefficient (Wildman–Crippen LogP) is 3.02. The number of halogens is 2. The van der Waals surface area contributed by atoms with Gasteiger partial charge in [-0.25, -0.2) is 4.39 Å². The average Bonchev–Trinajstić information content (AvgIpc) is 2.42. The normalized spacial score (nSPS) is 18.5. The van der Waals surface area contributed by atoms with Crippen LogP contribution >= 0.6 is 0 Å². The summed E-state index contributed by atoms with van der Waals surface area (Å²) in [5, 5.41) is 13.7. The smallest absolute Gasteiger partial charge is 0.307 e. The van der Waals surface area contributed by atoms with E-state index in [4.69, 9.17) is 0 Å². The van der Waals surface area contributed by atoms with Crippen molar-refractivity contribution in [2.45, 2.75) is 25.8 Å². The number of benzene rings is 1. The van der Waals surface area contributed by atoms with Gasteiger partial charge in [0.15, 0.2) is 0 Å². The van der Waals surface area contributed by atoms with Gasteiger partial charge in [0, 0.05) is 18.2 Å². The van der Waals surface area contributed by atoms with Gasteiger partial charge in [0.1, 0.15) is 5.82 Å². The van der Waals surface area contributed by atoms with E-state index < -0.39 is 22.2 Å². The Balaban J connectivity index is 2.11. The van der Waals surface area contributed by atoms with E-state index in [1.807, 2.05) is 6.92 Å². The average molecular weight is 299 g/mol. The Morgan fingerprint density at radius 3 is 2.52 bits per heavy atom. The van der Waals surface area contributed by atoms with Gasteiger partial charge in [-0.05, 0) is 45.8 Å². The molecule has 1 aliphatic heterocycles. The quantitative estimate of drug-likeness (QED) is 0.686. The highest BCUT2D eigenvalue weighted by Crippen LogP contribution is 2.28. The van der Waals surface area contributed by atoms with Crippen molar-refractivity contribution >= 4 is 11.4 Å². The van der Waals surface area contributed by atoms with Crippen molar-refractivity contribution in [3.63, 3.8) is 0 Å². The molecule has 0 saturated carbocycles. The highest BCUT2D eigenvalue weighted by atomic mass is 19.1. The van der Waals surface area contributed by atoms with E-state index in [-0.39, 0.29) is 11.7 Å². The number of piperidine rings is 1. The van der Waals surface area contributed by atoms with Gasteiger partial charge in [-0.2, -0.15) is 4.39 Å². The summed E-state index contributed by atoms with van der Waals surface area (Å²) in [5.74, 6) is -1.60. The number of anilines is 1. The van der Waals surface area contributed by atoms with Crippen LogP contribution in [0.3, 0.4) is 0 Å². The van der Waals surface area contributed by atoms with Crippen LogP contribution in [0.1, 0.15) is 19.8 Å². The fourth-order valence-electron chi connectivity index (χ4n) is 2.68. The van der Waals surface area contributed by atoms with Gasteiger partial charge in [0.2, 0.25) is 5.82 Å². The number of rotatable bonds is 4. The molecule has 21 heavy (non-hydrogen) atoms. The maximum Gasteiger partial charge on any atom is 0.307 e. The zero-order chi connectivity index (χ0) is 15.6. The van der Waals surface area contributed by atoms with Crippen molar-refractivity contribution in [1.82, 2.24) is 4.90 Å². The largest absolute Gasteiger partial charge is 0.380 e. The Labute approximate surface area is 122 Å². The maximum atomic E-state index is 13.8. The number of hydrogen-bond acceptors (Lipinski definition) is 4. The lowest BCUT2D eigenvalue weighted by molar-refractivity contribution is -0.387. The molecule has 116 valence electrons. The van der Waals surface area contributed by atoms with E-state index >= 15 is 0 Å². The first kappa shape index (κ1) is 15.6. The van der Waals surface area contributed by atoms with E-state index in [0.717, 1.165) is 32.0 Å². The molecule has 1 aromatic carbocycles. The molecule has 0 radical (unpaired) electrons. The van der Waals surface area contributed by atoms with Crippen LogP contribution in [0, 0.1) is 27.7 Å². The van der Waals surface area contributed by atoms with Crippen molar-refractivity contribution in [1.29, 1.82) is 0 Å². The molecule has 1 atom stereocenters. The Morgan fingerprint density at radius 1 is 1.33 bits per heavy atom. The van der Waals surface area contributed by atoms with Crippen molar-refractivity contribution < 1.29 is 13.7 Å². The fraction of sp³-hybridized carbons (Fsp3) is 0.571.